The number of likely N-dealkylation sites (N-methyl/N-ethyl adjacent to an activating group) is 1. The van der Waals surface area contributed by atoms with Gasteiger partial charge in [0.2, 0.25) is 0 Å². The zero-order valence-electron chi connectivity index (χ0n) is 11.9. The van der Waals surface area contributed by atoms with Gasteiger partial charge in [-0.25, -0.2) is 0 Å². The third kappa shape index (κ3) is 3.16. The lowest BCUT2D eigenvalue weighted by Crippen LogP contribution is -2.47. The third-order valence-electron chi connectivity index (χ3n) is 4.63. The van der Waals surface area contributed by atoms with Crippen LogP contribution in [0.1, 0.15) is 11.1 Å². The molecule has 1 N–H and O–H groups in total. The number of hydrogen-bond acceptors (Lipinski definition) is 3. The molecule has 0 unspecified atom stereocenters. The van der Waals surface area contributed by atoms with Crippen molar-refractivity contribution in [1.82, 2.24) is 15.1 Å². The smallest absolute Gasteiger partial charge is 0.0174 e. The summed E-state index contributed by atoms with van der Waals surface area (Å²) in [6.07, 6.45) is 2.46. The molecule has 1 aromatic carbocycles. The molecular formula is C16H25N3. The molecule has 3 rings (SSSR count). The van der Waals surface area contributed by atoms with Gasteiger partial charge in [0.05, 0.1) is 0 Å². The monoisotopic (exact) mass is 259 g/mol. The van der Waals surface area contributed by atoms with E-state index < -0.39 is 0 Å². The Hall–Kier alpha value is -0.900. The average Bonchev–Trinajstić information content (AvgIpc) is 2.90. The zero-order chi connectivity index (χ0) is 13.1. The highest BCUT2D eigenvalue weighted by Crippen LogP contribution is 2.24. The summed E-state index contributed by atoms with van der Waals surface area (Å²) in [5.74, 6) is 0. The van der Waals surface area contributed by atoms with Gasteiger partial charge in [0, 0.05) is 45.3 Å². The fourth-order valence-corrected chi connectivity index (χ4v) is 3.26. The van der Waals surface area contributed by atoms with E-state index in [0.29, 0.717) is 6.04 Å². The normalized spacial score (nSPS) is 20.9. The van der Waals surface area contributed by atoms with Crippen LogP contribution in [0.15, 0.2) is 24.3 Å². The fourth-order valence-electron chi connectivity index (χ4n) is 3.26. The van der Waals surface area contributed by atoms with Crippen LogP contribution in [0.5, 0.6) is 0 Å². The molecule has 3 nitrogen and oxygen atoms in total. The first kappa shape index (κ1) is 13.1. The van der Waals surface area contributed by atoms with E-state index in [9.17, 15) is 0 Å². The molecule has 0 spiro atoms. The summed E-state index contributed by atoms with van der Waals surface area (Å²) in [6, 6.07) is 9.63. The second-order valence-corrected chi connectivity index (χ2v) is 5.90. The SMILES string of the molecule is CN(CCN1CCNCC1)C1Cc2ccccc2C1. The summed E-state index contributed by atoms with van der Waals surface area (Å²) < 4.78 is 0. The maximum atomic E-state index is 3.41. The van der Waals surface area contributed by atoms with E-state index in [1.54, 1.807) is 11.1 Å². The predicted molar refractivity (Wildman–Crippen MR) is 79.6 cm³/mol. The number of nitrogens with one attached hydrogen (secondary N) is 1. The predicted octanol–water partition coefficient (Wildman–Crippen LogP) is 0.991. The molecule has 0 atom stereocenters. The fraction of sp³-hybridized carbons (Fsp3) is 0.625. The standard InChI is InChI=1S/C16H25N3/c1-18(10-11-19-8-6-17-7-9-19)16-12-14-4-2-3-5-15(14)13-16/h2-5,16-17H,6-13H2,1H3. The number of piperazine rings is 1. The molecule has 0 aromatic heterocycles. The number of rotatable bonds is 4. The van der Waals surface area contributed by atoms with Crippen molar-refractivity contribution in [3.8, 4) is 0 Å². The molecule has 1 fully saturated rings. The van der Waals surface area contributed by atoms with Crippen molar-refractivity contribution in [3.63, 3.8) is 0 Å². The minimum atomic E-state index is 0.709. The van der Waals surface area contributed by atoms with Gasteiger partial charge in [-0.1, -0.05) is 24.3 Å². The van der Waals surface area contributed by atoms with Crippen LogP contribution in [0.2, 0.25) is 0 Å². The number of nitrogens with zero attached hydrogens (tertiary/aromatic N) is 2. The largest absolute Gasteiger partial charge is 0.314 e. The van der Waals surface area contributed by atoms with Gasteiger partial charge in [0.15, 0.2) is 0 Å². The van der Waals surface area contributed by atoms with Crippen LogP contribution in [0, 0.1) is 0 Å². The van der Waals surface area contributed by atoms with Gasteiger partial charge in [-0.15, -0.1) is 0 Å². The summed E-state index contributed by atoms with van der Waals surface area (Å²) in [7, 11) is 2.29. The van der Waals surface area contributed by atoms with E-state index in [0.717, 1.165) is 13.1 Å². The van der Waals surface area contributed by atoms with Crippen molar-refractivity contribution < 1.29 is 0 Å². The van der Waals surface area contributed by atoms with Gasteiger partial charge in [-0.2, -0.15) is 0 Å². The summed E-state index contributed by atoms with van der Waals surface area (Å²) in [4.78, 5) is 5.14. The summed E-state index contributed by atoms with van der Waals surface area (Å²) in [5, 5.41) is 3.41. The van der Waals surface area contributed by atoms with Gasteiger partial charge in [0.25, 0.3) is 0 Å². The first-order chi connectivity index (χ1) is 9.33. The molecule has 0 saturated carbocycles. The van der Waals surface area contributed by atoms with Crippen LogP contribution in [0.4, 0.5) is 0 Å². The molecule has 0 radical (unpaired) electrons. The molecule has 1 aliphatic carbocycles. The van der Waals surface area contributed by atoms with Crippen molar-refractivity contribution in [2.24, 2.45) is 0 Å². The Kier molecular flexibility index (Phi) is 4.16. The number of benzene rings is 1. The Morgan fingerprint density at radius 2 is 1.79 bits per heavy atom. The zero-order valence-corrected chi connectivity index (χ0v) is 11.9. The van der Waals surface area contributed by atoms with E-state index >= 15 is 0 Å². The second kappa shape index (κ2) is 6.04. The summed E-state index contributed by atoms with van der Waals surface area (Å²) in [5.41, 5.74) is 3.11. The molecule has 3 heteroatoms. The number of hydrogen-bond donors (Lipinski definition) is 1. The maximum absolute atomic E-state index is 3.41. The molecule has 2 aliphatic rings. The Balaban J connectivity index is 1.48. The van der Waals surface area contributed by atoms with Crippen molar-refractivity contribution in [1.29, 1.82) is 0 Å². The van der Waals surface area contributed by atoms with E-state index in [-0.39, 0.29) is 0 Å². The molecule has 19 heavy (non-hydrogen) atoms. The minimum Gasteiger partial charge on any atom is -0.314 e. The van der Waals surface area contributed by atoms with Crippen LogP contribution in [-0.2, 0) is 12.8 Å². The molecule has 1 heterocycles. The van der Waals surface area contributed by atoms with Crippen LogP contribution >= 0.6 is 0 Å². The highest BCUT2D eigenvalue weighted by atomic mass is 15.2. The molecule has 0 bridgehead atoms. The molecule has 0 amide bonds. The van der Waals surface area contributed by atoms with Crippen molar-refractivity contribution in [2.75, 3.05) is 46.3 Å². The van der Waals surface area contributed by atoms with Crippen molar-refractivity contribution in [3.05, 3.63) is 35.4 Å². The highest BCUT2D eigenvalue weighted by Gasteiger charge is 2.24. The van der Waals surface area contributed by atoms with Crippen molar-refractivity contribution in [2.45, 2.75) is 18.9 Å². The number of fused-ring (bicyclic) bond motifs is 1. The van der Waals surface area contributed by atoms with E-state index in [4.69, 9.17) is 0 Å². The summed E-state index contributed by atoms with van der Waals surface area (Å²) in [6.45, 7) is 7.12. The maximum Gasteiger partial charge on any atom is 0.0174 e. The Bertz CT molecular complexity index is 387. The Morgan fingerprint density at radius 1 is 1.16 bits per heavy atom. The van der Waals surface area contributed by atoms with E-state index in [1.165, 1.54) is 39.0 Å². The first-order valence-corrected chi connectivity index (χ1v) is 7.53. The van der Waals surface area contributed by atoms with Crippen LogP contribution in [-0.4, -0.2) is 62.2 Å². The first-order valence-electron chi connectivity index (χ1n) is 7.53. The van der Waals surface area contributed by atoms with E-state index in [2.05, 4.69) is 46.4 Å². The minimum absolute atomic E-state index is 0.709. The van der Waals surface area contributed by atoms with E-state index in [1.807, 2.05) is 0 Å². The van der Waals surface area contributed by atoms with Crippen molar-refractivity contribution >= 4 is 0 Å². The molecule has 1 aliphatic heterocycles. The van der Waals surface area contributed by atoms with Crippen LogP contribution in [0.3, 0.4) is 0 Å². The highest BCUT2D eigenvalue weighted by molar-refractivity contribution is 5.33. The Labute approximate surface area is 116 Å². The average molecular weight is 259 g/mol. The van der Waals surface area contributed by atoms with Crippen LogP contribution < -0.4 is 5.32 Å². The van der Waals surface area contributed by atoms with Gasteiger partial charge in [-0.05, 0) is 31.0 Å². The molecule has 1 saturated heterocycles. The summed E-state index contributed by atoms with van der Waals surface area (Å²) >= 11 is 0. The van der Waals surface area contributed by atoms with Gasteiger partial charge in [0.1, 0.15) is 0 Å². The lowest BCUT2D eigenvalue weighted by molar-refractivity contribution is 0.179. The van der Waals surface area contributed by atoms with Gasteiger partial charge in [-0.3, -0.25) is 4.90 Å². The third-order valence-corrected chi connectivity index (χ3v) is 4.63. The molecule has 104 valence electrons. The molecular weight excluding hydrogens is 234 g/mol. The quantitative estimate of drug-likeness (QED) is 0.870. The van der Waals surface area contributed by atoms with Crippen LogP contribution in [0.25, 0.3) is 0 Å². The second-order valence-electron chi connectivity index (χ2n) is 5.90. The van der Waals surface area contributed by atoms with Gasteiger partial charge < -0.3 is 10.2 Å². The Morgan fingerprint density at radius 3 is 2.42 bits per heavy atom. The van der Waals surface area contributed by atoms with Gasteiger partial charge >= 0.3 is 0 Å². The topological polar surface area (TPSA) is 18.5 Å². The molecule has 1 aromatic rings. The lowest BCUT2D eigenvalue weighted by atomic mass is 10.1. The lowest BCUT2D eigenvalue weighted by Gasteiger charge is -2.31.